The molecule has 0 aromatic heterocycles. The molecule has 0 amide bonds. The number of carbonyl (C=O) groups is 1. The quantitative estimate of drug-likeness (QED) is 0.480. The predicted octanol–water partition coefficient (Wildman–Crippen LogP) is 4.33. The average molecular weight is 310 g/mol. The predicted molar refractivity (Wildman–Crippen MR) is 77.6 cm³/mol. The fourth-order valence-corrected chi connectivity index (χ4v) is 2.20. The third-order valence-corrected chi connectivity index (χ3v) is 3.28. The highest BCUT2D eigenvalue weighted by Crippen LogP contribution is 2.24. The van der Waals surface area contributed by atoms with Crippen molar-refractivity contribution < 1.29 is 9.72 Å². The smallest absolute Gasteiger partial charge is 0.270 e. The van der Waals surface area contributed by atoms with Gasteiger partial charge in [0, 0.05) is 29.1 Å². The SMILES string of the molecule is O=C(Cc1cccc(Cl)c1)c1cc([N+](=O)[O-])ccc1Cl. The summed E-state index contributed by atoms with van der Waals surface area (Å²) < 4.78 is 0. The molecule has 0 fully saturated rings. The zero-order chi connectivity index (χ0) is 14.7. The lowest BCUT2D eigenvalue weighted by Gasteiger charge is -2.04. The molecule has 0 spiro atoms. The van der Waals surface area contributed by atoms with Crippen molar-refractivity contribution in [3.63, 3.8) is 0 Å². The summed E-state index contributed by atoms with van der Waals surface area (Å²) in [6.45, 7) is 0. The molecule has 0 aliphatic rings. The van der Waals surface area contributed by atoms with E-state index in [1.54, 1.807) is 24.3 Å². The first-order valence-electron chi connectivity index (χ1n) is 5.69. The Balaban J connectivity index is 2.29. The zero-order valence-corrected chi connectivity index (χ0v) is 11.7. The Kier molecular flexibility index (Phi) is 4.37. The summed E-state index contributed by atoms with van der Waals surface area (Å²) >= 11 is 11.8. The van der Waals surface area contributed by atoms with Gasteiger partial charge in [-0.05, 0) is 23.8 Å². The van der Waals surface area contributed by atoms with Crippen LogP contribution >= 0.6 is 23.2 Å². The van der Waals surface area contributed by atoms with E-state index in [9.17, 15) is 14.9 Å². The van der Waals surface area contributed by atoms with Crippen LogP contribution < -0.4 is 0 Å². The highest BCUT2D eigenvalue weighted by atomic mass is 35.5. The van der Waals surface area contributed by atoms with Gasteiger partial charge >= 0.3 is 0 Å². The van der Waals surface area contributed by atoms with Crippen LogP contribution in [0.2, 0.25) is 10.0 Å². The molecule has 2 aromatic carbocycles. The maximum Gasteiger partial charge on any atom is 0.270 e. The van der Waals surface area contributed by atoms with Gasteiger partial charge in [-0.15, -0.1) is 0 Å². The first kappa shape index (κ1) is 14.5. The van der Waals surface area contributed by atoms with E-state index in [-0.39, 0.29) is 28.5 Å². The highest BCUT2D eigenvalue weighted by Gasteiger charge is 2.16. The number of non-ortho nitro benzene ring substituents is 1. The van der Waals surface area contributed by atoms with Crippen LogP contribution in [0.1, 0.15) is 15.9 Å². The molecule has 0 unspecified atom stereocenters. The molecule has 0 saturated heterocycles. The van der Waals surface area contributed by atoms with E-state index in [0.717, 1.165) is 5.56 Å². The molecule has 20 heavy (non-hydrogen) atoms. The van der Waals surface area contributed by atoms with Crippen molar-refractivity contribution in [2.45, 2.75) is 6.42 Å². The number of rotatable bonds is 4. The first-order chi connectivity index (χ1) is 9.47. The number of hydrogen-bond acceptors (Lipinski definition) is 3. The van der Waals surface area contributed by atoms with Crippen LogP contribution in [0.15, 0.2) is 42.5 Å². The molecular formula is C14H9Cl2NO3. The van der Waals surface area contributed by atoms with Crippen molar-refractivity contribution >= 4 is 34.7 Å². The van der Waals surface area contributed by atoms with E-state index in [1.165, 1.54) is 18.2 Å². The number of carbonyl (C=O) groups excluding carboxylic acids is 1. The fraction of sp³-hybridized carbons (Fsp3) is 0.0714. The van der Waals surface area contributed by atoms with Crippen molar-refractivity contribution in [3.05, 3.63) is 73.8 Å². The van der Waals surface area contributed by atoms with E-state index in [4.69, 9.17) is 23.2 Å². The number of nitro groups is 1. The number of nitro benzene ring substituents is 1. The van der Waals surface area contributed by atoms with Crippen molar-refractivity contribution in [3.8, 4) is 0 Å². The third-order valence-electron chi connectivity index (χ3n) is 2.71. The Morgan fingerprint density at radius 1 is 1.15 bits per heavy atom. The molecule has 0 heterocycles. The number of halogens is 2. The van der Waals surface area contributed by atoms with Gasteiger partial charge in [-0.1, -0.05) is 35.3 Å². The number of Topliss-reactive ketones (excluding diaryl/α,β-unsaturated/α-hetero) is 1. The van der Waals surface area contributed by atoms with E-state index >= 15 is 0 Å². The van der Waals surface area contributed by atoms with Gasteiger partial charge in [0.2, 0.25) is 0 Å². The van der Waals surface area contributed by atoms with E-state index in [0.29, 0.717) is 5.02 Å². The van der Waals surface area contributed by atoms with Crippen molar-refractivity contribution in [2.75, 3.05) is 0 Å². The van der Waals surface area contributed by atoms with Crippen LogP contribution in [0.25, 0.3) is 0 Å². The second-order valence-electron chi connectivity index (χ2n) is 4.15. The Labute approximate surface area is 125 Å². The summed E-state index contributed by atoms with van der Waals surface area (Å²) in [6.07, 6.45) is 0.0848. The maximum absolute atomic E-state index is 12.2. The van der Waals surface area contributed by atoms with Gasteiger partial charge in [0.25, 0.3) is 5.69 Å². The first-order valence-corrected chi connectivity index (χ1v) is 6.44. The zero-order valence-electron chi connectivity index (χ0n) is 10.2. The van der Waals surface area contributed by atoms with Gasteiger partial charge in [-0.25, -0.2) is 0 Å². The van der Waals surface area contributed by atoms with Crippen LogP contribution in [0.5, 0.6) is 0 Å². The molecule has 4 nitrogen and oxygen atoms in total. The monoisotopic (exact) mass is 309 g/mol. The lowest BCUT2D eigenvalue weighted by atomic mass is 10.0. The molecule has 0 N–H and O–H groups in total. The average Bonchev–Trinajstić information content (AvgIpc) is 2.38. The molecule has 6 heteroatoms. The molecule has 0 aliphatic heterocycles. The Hall–Kier alpha value is -1.91. The standard InChI is InChI=1S/C14H9Cl2NO3/c15-10-3-1-2-9(6-10)7-14(18)12-8-11(17(19)20)4-5-13(12)16/h1-6,8H,7H2. The lowest BCUT2D eigenvalue weighted by Crippen LogP contribution is -2.05. The number of nitrogens with zero attached hydrogens (tertiary/aromatic N) is 1. The summed E-state index contributed by atoms with van der Waals surface area (Å²) in [5.74, 6) is -0.291. The van der Waals surface area contributed by atoms with Crippen molar-refractivity contribution in [2.24, 2.45) is 0 Å². The van der Waals surface area contributed by atoms with E-state index in [2.05, 4.69) is 0 Å². The topological polar surface area (TPSA) is 60.2 Å². The molecule has 0 atom stereocenters. The summed E-state index contributed by atoms with van der Waals surface area (Å²) in [5, 5.41) is 11.4. The van der Waals surface area contributed by atoms with Gasteiger partial charge in [-0.3, -0.25) is 14.9 Å². The van der Waals surface area contributed by atoms with Gasteiger partial charge in [0.1, 0.15) is 0 Å². The van der Waals surface area contributed by atoms with Gasteiger partial charge in [-0.2, -0.15) is 0 Å². The summed E-state index contributed by atoms with van der Waals surface area (Å²) in [6, 6.07) is 10.7. The Bertz CT molecular complexity index is 686. The van der Waals surface area contributed by atoms with Crippen LogP contribution in [0.4, 0.5) is 5.69 Å². The maximum atomic E-state index is 12.2. The van der Waals surface area contributed by atoms with Crippen LogP contribution in [0.3, 0.4) is 0 Å². The molecule has 102 valence electrons. The molecule has 0 radical (unpaired) electrons. The van der Waals surface area contributed by atoms with Gasteiger partial charge < -0.3 is 0 Å². The minimum atomic E-state index is -0.563. The summed E-state index contributed by atoms with van der Waals surface area (Å²) in [5.41, 5.74) is 0.703. The Morgan fingerprint density at radius 2 is 1.90 bits per heavy atom. The molecule has 0 aliphatic carbocycles. The summed E-state index contributed by atoms with van der Waals surface area (Å²) in [4.78, 5) is 22.3. The van der Waals surface area contributed by atoms with Crippen LogP contribution in [0, 0.1) is 10.1 Å². The van der Waals surface area contributed by atoms with Crippen LogP contribution in [-0.4, -0.2) is 10.7 Å². The second-order valence-corrected chi connectivity index (χ2v) is 4.99. The van der Waals surface area contributed by atoms with Crippen LogP contribution in [-0.2, 0) is 6.42 Å². The highest BCUT2D eigenvalue weighted by molar-refractivity contribution is 6.34. The molecular weight excluding hydrogens is 301 g/mol. The molecule has 2 aromatic rings. The minimum absolute atomic E-state index is 0.0848. The van der Waals surface area contributed by atoms with E-state index < -0.39 is 4.92 Å². The van der Waals surface area contributed by atoms with Gasteiger partial charge in [0.05, 0.1) is 9.95 Å². The second kappa shape index (κ2) is 6.03. The normalized spacial score (nSPS) is 10.3. The van der Waals surface area contributed by atoms with Crippen molar-refractivity contribution in [1.82, 2.24) is 0 Å². The number of benzene rings is 2. The lowest BCUT2D eigenvalue weighted by molar-refractivity contribution is -0.384. The van der Waals surface area contributed by atoms with E-state index in [1.807, 2.05) is 0 Å². The molecule has 0 bridgehead atoms. The molecule has 2 rings (SSSR count). The fourth-order valence-electron chi connectivity index (χ4n) is 1.77. The Morgan fingerprint density at radius 3 is 2.55 bits per heavy atom. The largest absolute Gasteiger partial charge is 0.294 e. The molecule has 0 saturated carbocycles. The summed E-state index contributed by atoms with van der Waals surface area (Å²) in [7, 11) is 0. The number of ketones is 1. The third kappa shape index (κ3) is 3.35. The number of hydrogen-bond donors (Lipinski definition) is 0. The minimum Gasteiger partial charge on any atom is -0.294 e. The van der Waals surface area contributed by atoms with Crippen molar-refractivity contribution in [1.29, 1.82) is 0 Å². The van der Waals surface area contributed by atoms with Gasteiger partial charge in [0.15, 0.2) is 5.78 Å².